The van der Waals surface area contributed by atoms with Gasteiger partial charge >= 0.3 is 5.97 Å². The Labute approximate surface area is 458 Å². The number of amides is 1. The van der Waals surface area contributed by atoms with Crippen LogP contribution >= 0.6 is 11.7 Å². The SMILES string of the molecule is CC(C)C.CC(C)C.CC(C)C.CC(C)C.CC(C)C.CC(C)C.CC(C)C.O=C1C=CS(=O)(=O)C1.O=C1CC(=O)ON1.O=C1CCS(=O)(=O)C1.O=C1CNS(=O)(=O)C1.O=c1cns[nH]1.OC1N=CNO1.c1nn[nH]n1. The van der Waals surface area contributed by atoms with E-state index in [2.05, 4.69) is 200 Å². The summed E-state index contributed by atoms with van der Waals surface area (Å²) in [5.74, 6) is 3.37. The minimum absolute atomic E-state index is 0.0255. The molecule has 0 radical (unpaired) electrons. The van der Waals surface area contributed by atoms with E-state index in [0.29, 0.717) is 0 Å². The molecule has 76 heavy (non-hydrogen) atoms. The predicted octanol–water partition coefficient (Wildman–Crippen LogP) is 5.82. The quantitative estimate of drug-likeness (QED) is 0.169. The molecule has 0 aliphatic carbocycles. The van der Waals surface area contributed by atoms with Gasteiger partial charge in [-0.1, -0.05) is 151 Å². The van der Waals surface area contributed by atoms with Crippen LogP contribution in [0.5, 0.6) is 0 Å². The van der Waals surface area contributed by atoms with E-state index < -0.39 is 42.1 Å². The van der Waals surface area contributed by atoms with Crippen LogP contribution in [0.15, 0.2) is 33.8 Å². The number of allylic oxidation sites excluding steroid dienone is 1. The summed E-state index contributed by atoms with van der Waals surface area (Å²) in [5, 5.41) is 21.4. The molecular formula is C47H96N10O15S4. The first-order chi connectivity index (χ1) is 34.5. The van der Waals surface area contributed by atoms with Gasteiger partial charge in [-0.15, -0.1) is 10.2 Å². The molecular weight excluding hydrogens is 1070 g/mol. The van der Waals surface area contributed by atoms with E-state index in [1.165, 1.54) is 18.9 Å². The standard InChI is InChI=1S/C4H6O3S.C4H4O3S.7C4H10.C3H5NO3S.C3H3NO3.C2H4N2O2.C2H2N2OS.CH2N4/c2*5-4-1-2-8(6,7)3-4;7*1-4(2)3;5-3-1-4-8(6,7)2-3;5-2-1-3(6)7-4-2;5-2-3-1-4-6-2;5-2-1-3-6-4-2;1-2-4-5-3-1/h1-3H2;1-2H,3H2;7*4H,1-3H3;4H,1-2H2;1H2,(H,4,5);1-2,5H,(H,3,4);1H,(H,4,5);1H,(H,2,3,4,5). The van der Waals surface area contributed by atoms with Crippen LogP contribution in [0.4, 0.5) is 0 Å². The third kappa shape index (κ3) is 102. The fraction of sp³-hybridized carbons (Fsp3) is 0.766. The van der Waals surface area contributed by atoms with Gasteiger partial charge in [0.2, 0.25) is 10.0 Å². The smallest absolute Gasteiger partial charge is 0.341 e. The first-order valence-corrected chi connectivity index (χ1v) is 30.4. The van der Waals surface area contributed by atoms with E-state index in [4.69, 9.17) is 5.11 Å². The lowest BCUT2D eigenvalue weighted by Crippen LogP contribution is -2.15. The Morgan fingerprint density at radius 3 is 1.21 bits per heavy atom. The van der Waals surface area contributed by atoms with Crippen molar-refractivity contribution in [3.05, 3.63) is 34.4 Å². The summed E-state index contributed by atoms with van der Waals surface area (Å²) in [6.07, 6.45) is 4.03. The Balaban J connectivity index is -0.000000136. The van der Waals surface area contributed by atoms with E-state index in [-0.39, 0.29) is 71.2 Å². The summed E-state index contributed by atoms with van der Waals surface area (Å²) in [6, 6.07) is 0. The highest BCUT2D eigenvalue weighted by atomic mass is 32.2. The zero-order valence-electron chi connectivity index (χ0n) is 49.0. The van der Waals surface area contributed by atoms with Crippen molar-refractivity contribution in [2.45, 2.75) is 165 Å². The molecule has 0 aromatic carbocycles. The summed E-state index contributed by atoms with van der Waals surface area (Å²) < 4.78 is 70.1. The van der Waals surface area contributed by atoms with Gasteiger partial charge in [-0.2, -0.15) is 15.1 Å². The lowest BCUT2D eigenvalue weighted by molar-refractivity contribution is -0.144. The second kappa shape index (κ2) is 52.4. The monoisotopic (exact) mass is 1170 g/mol. The molecule has 448 valence electrons. The molecule has 1 amide bonds. The molecule has 25 nitrogen and oxygen atoms in total. The number of tetrazole rings is 1. The van der Waals surface area contributed by atoms with Gasteiger partial charge in [0.05, 0.1) is 12.3 Å². The van der Waals surface area contributed by atoms with Gasteiger partial charge in [0, 0.05) is 23.6 Å². The van der Waals surface area contributed by atoms with E-state index >= 15 is 0 Å². The maximum atomic E-state index is 10.4. The van der Waals surface area contributed by atoms with Gasteiger partial charge in [0.15, 0.2) is 37.6 Å². The van der Waals surface area contributed by atoms with Crippen LogP contribution in [0, 0.1) is 41.4 Å². The van der Waals surface area contributed by atoms with Crippen LogP contribution in [-0.4, -0.2) is 131 Å². The maximum Gasteiger partial charge on any atom is 0.341 e. The summed E-state index contributed by atoms with van der Waals surface area (Å²) >= 11 is 1.05. The molecule has 3 saturated heterocycles. The number of H-pyrrole nitrogens is 2. The van der Waals surface area contributed by atoms with Crippen molar-refractivity contribution in [1.82, 2.24) is 45.1 Å². The summed E-state index contributed by atoms with van der Waals surface area (Å²) in [5.41, 5.74) is 3.99. The van der Waals surface area contributed by atoms with Crippen molar-refractivity contribution in [3.63, 3.8) is 0 Å². The topological polar surface area (TPSA) is 375 Å². The molecule has 6 N–H and O–H groups in total. The third-order valence-electron chi connectivity index (χ3n) is 4.37. The summed E-state index contributed by atoms with van der Waals surface area (Å²) in [7, 11) is -9.27. The molecule has 5 aliphatic rings. The van der Waals surface area contributed by atoms with Crippen molar-refractivity contribution < 1.29 is 64.0 Å². The molecule has 1 unspecified atom stereocenters. The fourth-order valence-electron chi connectivity index (χ4n) is 2.47. The zero-order valence-corrected chi connectivity index (χ0v) is 52.3. The molecule has 5 aliphatic heterocycles. The molecule has 1 atom stereocenters. The molecule has 0 bridgehead atoms. The number of carbonyl (C=O) groups excluding carboxylic acids is 5. The number of aromatic amines is 2. The van der Waals surface area contributed by atoms with Gasteiger partial charge in [0.1, 0.15) is 42.0 Å². The maximum absolute atomic E-state index is 10.4. The predicted molar refractivity (Wildman–Crippen MR) is 301 cm³/mol. The van der Waals surface area contributed by atoms with E-state index in [0.717, 1.165) is 64.6 Å². The number of sulfonamides is 1. The number of nitrogens with zero attached hydrogens (tertiary/aromatic N) is 5. The van der Waals surface area contributed by atoms with E-state index in [1.807, 2.05) is 5.48 Å². The number of hydrogen-bond acceptors (Lipinski definition) is 22. The van der Waals surface area contributed by atoms with E-state index in [1.54, 1.807) is 0 Å². The zero-order chi connectivity index (χ0) is 61.3. The first-order valence-electron chi connectivity index (χ1n) is 24.4. The summed E-state index contributed by atoms with van der Waals surface area (Å²) in [6.45, 7) is 45.5. The number of hydrogen-bond donors (Lipinski definition) is 6. The number of rotatable bonds is 0. The Bertz CT molecular complexity index is 2020. The lowest BCUT2D eigenvalue weighted by atomic mass is 10.3. The van der Waals surface area contributed by atoms with Crippen LogP contribution in [-0.2, 0) is 63.3 Å². The molecule has 29 heteroatoms. The second-order valence-corrected chi connectivity index (χ2v) is 27.0. The summed E-state index contributed by atoms with van der Waals surface area (Å²) in [4.78, 5) is 72.2. The van der Waals surface area contributed by atoms with Crippen LogP contribution in [0.3, 0.4) is 0 Å². The van der Waals surface area contributed by atoms with E-state index in [9.17, 15) is 54.0 Å². The number of aliphatic hydroxyl groups excluding tert-OH is 1. The number of hydroxylamine groups is 2. The largest absolute Gasteiger partial charge is 0.348 e. The second-order valence-electron chi connectivity index (χ2n) is 20.6. The van der Waals surface area contributed by atoms with Crippen molar-refractivity contribution in [2.75, 3.05) is 29.6 Å². The Hall–Kier alpha value is -4.68. The molecule has 3 fully saturated rings. The Morgan fingerprint density at radius 1 is 0.658 bits per heavy atom. The Kier molecular flexibility index (Phi) is 58.8. The molecule has 0 saturated carbocycles. The highest BCUT2D eigenvalue weighted by molar-refractivity contribution is 7.95. The van der Waals surface area contributed by atoms with Crippen molar-refractivity contribution in [2.24, 2.45) is 46.4 Å². The average Bonchev–Trinajstić information content (AvgIpc) is 4.08. The Morgan fingerprint density at radius 2 is 1.12 bits per heavy atom. The number of aliphatic hydroxyl groups is 1. The first kappa shape index (κ1) is 85.2. The van der Waals surface area contributed by atoms with Crippen molar-refractivity contribution >= 4 is 77.0 Å². The van der Waals surface area contributed by atoms with Gasteiger partial charge in [-0.3, -0.25) is 33.8 Å². The van der Waals surface area contributed by atoms with Gasteiger partial charge < -0.3 is 9.94 Å². The number of aliphatic imine (C=N–C) groups is 1. The normalized spacial score (nSPS) is 16.8. The number of nitrogens with one attached hydrogen (secondary N) is 5. The number of aromatic nitrogens is 6. The van der Waals surface area contributed by atoms with Gasteiger partial charge in [0.25, 0.3) is 17.9 Å². The molecule has 0 spiro atoms. The molecule has 7 rings (SSSR count). The number of ketones is 3. The minimum atomic E-state index is -3.20. The molecule has 2 aromatic rings. The fourth-order valence-corrected chi connectivity index (χ4v) is 6.09. The number of Topliss-reactive ketones (excluding diaryl/α,β-unsaturated/α-hetero) is 2. The minimum Gasteiger partial charge on any atom is -0.348 e. The molecule has 2 aromatic heterocycles. The van der Waals surface area contributed by atoms with Crippen LogP contribution in [0.25, 0.3) is 0 Å². The molecule has 7 heterocycles. The van der Waals surface area contributed by atoms with Crippen LogP contribution < -0.4 is 21.2 Å². The van der Waals surface area contributed by atoms with Crippen LogP contribution in [0.2, 0.25) is 0 Å². The van der Waals surface area contributed by atoms with Crippen molar-refractivity contribution in [3.8, 4) is 0 Å². The highest BCUT2D eigenvalue weighted by Gasteiger charge is 2.25. The number of sulfone groups is 2. The van der Waals surface area contributed by atoms with Gasteiger partial charge in [-0.25, -0.2) is 44.6 Å². The van der Waals surface area contributed by atoms with Gasteiger partial charge in [-0.05, 0) is 47.5 Å². The third-order valence-corrected chi connectivity index (χ3v) is 8.98. The van der Waals surface area contributed by atoms with Crippen LogP contribution in [0.1, 0.15) is 158 Å². The average molecular weight is 1170 g/mol. The number of carbonyl (C=O) groups is 5. The lowest BCUT2D eigenvalue weighted by Gasteiger charge is -1.90. The van der Waals surface area contributed by atoms with Crippen molar-refractivity contribution in [1.29, 1.82) is 0 Å². The highest BCUT2D eigenvalue weighted by Crippen LogP contribution is 2.05.